The number of carboxylic acid groups (broad SMARTS) is 1. The lowest BCUT2D eigenvalue weighted by molar-refractivity contribution is -0.153. The summed E-state index contributed by atoms with van der Waals surface area (Å²) in [6.45, 7) is 7.63. The van der Waals surface area contributed by atoms with Gasteiger partial charge in [0.05, 0.1) is 6.10 Å². The van der Waals surface area contributed by atoms with Crippen LogP contribution in [0.4, 0.5) is 0 Å². The van der Waals surface area contributed by atoms with Gasteiger partial charge in [-0.15, -0.1) is 11.3 Å². The second-order valence-corrected chi connectivity index (χ2v) is 7.55. The van der Waals surface area contributed by atoms with Crippen LogP contribution >= 0.6 is 11.3 Å². The van der Waals surface area contributed by atoms with Gasteiger partial charge in [0.2, 0.25) is 0 Å². The molecular weight excluding hydrogens is 352 g/mol. The number of carbonyl (C=O) groups is 2. The molecule has 0 spiro atoms. The van der Waals surface area contributed by atoms with Crippen LogP contribution in [-0.4, -0.2) is 40.7 Å². The maximum absolute atomic E-state index is 12.4. The molecule has 0 fully saturated rings. The molecule has 6 nitrogen and oxygen atoms in total. The standard InChI is InChI=1S/C19H24N2O4S/c1-11(2)25-15(19(23)24)9-10-20-17(22)16-13(4)26-18(21-16)14-7-5-12(3)6-8-14/h5-8,11,15H,9-10H2,1-4H3,(H,20,22)(H,23,24). The number of carboxylic acids is 1. The van der Waals surface area contributed by atoms with Crippen molar-refractivity contribution in [2.45, 2.75) is 46.3 Å². The fourth-order valence-corrected chi connectivity index (χ4v) is 3.32. The highest BCUT2D eigenvalue weighted by Crippen LogP contribution is 2.27. The van der Waals surface area contributed by atoms with Gasteiger partial charge >= 0.3 is 5.97 Å². The van der Waals surface area contributed by atoms with Crippen molar-refractivity contribution >= 4 is 23.2 Å². The summed E-state index contributed by atoms with van der Waals surface area (Å²) in [4.78, 5) is 28.8. The Bertz CT molecular complexity index is 768. The van der Waals surface area contributed by atoms with Gasteiger partial charge < -0.3 is 15.2 Å². The van der Waals surface area contributed by atoms with Crippen molar-refractivity contribution in [3.8, 4) is 10.6 Å². The minimum Gasteiger partial charge on any atom is -0.479 e. The van der Waals surface area contributed by atoms with Crippen LogP contribution < -0.4 is 5.32 Å². The third kappa shape index (κ3) is 5.37. The van der Waals surface area contributed by atoms with Crippen molar-refractivity contribution in [1.82, 2.24) is 10.3 Å². The Morgan fingerprint density at radius 3 is 2.46 bits per heavy atom. The number of nitrogens with one attached hydrogen (secondary N) is 1. The van der Waals surface area contributed by atoms with E-state index in [9.17, 15) is 9.59 Å². The summed E-state index contributed by atoms with van der Waals surface area (Å²) < 4.78 is 5.33. The number of rotatable bonds is 8. The Hall–Kier alpha value is -2.25. The normalized spacial score (nSPS) is 12.2. The highest BCUT2D eigenvalue weighted by molar-refractivity contribution is 7.15. The molecule has 0 aliphatic rings. The number of aromatic nitrogens is 1. The molecule has 1 atom stereocenters. The summed E-state index contributed by atoms with van der Waals surface area (Å²) in [5.74, 6) is -1.33. The first-order valence-electron chi connectivity index (χ1n) is 8.49. The Labute approximate surface area is 157 Å². The van der Waals surface area contributed by atoms with E-state index in [1.54, 1.807) is 13.8 Å². The minimum atomic E-state index is -1.03. The fourth-order valence-electron chi connectivity index (χ4n) is 2.41. The molecule has 1 aromatic heterocycles. The number of thiazole rings is 1. The summed E-state index contributed by atoms with van der Waals surface area (Å²) in [5, 5.41) is 12.7. The van der Waals surface area contributed by atoms with E-state index >= 15 is 0 Å². The molecule has 26 heavy (non-hydrogen) atoms. The Balaban J connectivity index is 1.99. The number of amides is 1. The Kier molecular flexibility index (Phi) is 6.88. The molecule has 0 saturated carbocycles. The van der Waals surface area contributed by atoms with Gasteiger partial charge in [0.25, 0.3) is 5.91 Å². The highest BCUT2D eigenvalue weighted by Gasteiger charge is 2.21. The molecule has 1 aromatic carbocycles. The number of nitrogens with zero attached hydrogens (tertiary/aromatic N) is 1. The van der Waals surface area contributed by atoms with Crippen molar-refractivity contribution in [1.29, 1.82) is 0 Å². The van der Waals surface area contributed by atoms with Gasteiger partial charge in [-0.3, -0.25) is 4.79 Å². The van der Waals surface area contributed by atoms with Gasteiger partial charge in [0.15, 0.2) is 6.10 Å². The van der Waals surface area contributed by atoms with Crippen molar-refractivity contribution in [3.05, 3.63) is 40.4 Å². The topological polar surface area (TPSA) is 88.5 Å². The lowest BCUT2D eigenvalue weighted by Gasteiger charge is -2.16. The predicted octanol–water partition coefficient (Wildman–Crippen LogP) is 3.43. The van der Waals surface area contributed by atoms with E-state index < -0.39 is 12.1 Å². The molecule has 140 valence electrons. The molecular formula is C19H24N2O4S. The average Bonchev–Trinajstić information content (AvgIpc) is 2.96. The van der Waals surface area contributed by atoms with Crippen LogP contribution in [0.15, 0.2) is 24.3 Å². The molecule has 2 rings (SSSR count). The average molecular weight is 376 g/mol. The third-order valence-electron chi connectivity index (χ3n) is 3.71. The molecule has 1 unspecified atom stereocenters. The van der Waals surface area contributed by atoms with Crippen molar-refractivity contribution in [2.24, 2.45) is 0 Å². The van der Waals surface area contributed by atoms with Gasteiger partial charge in [0.1, 0.15) is 10.7 Å². The zero-order valence-electron chi connectivity index (χ0n) is 15.4. The highest BCUT2D eigenvalue weighted by atomic mass is 32.1. The molecule has 0 aliphatic heterocycles. The van der Waals surface area contributed by atoms with Crippen LogP contribution in [0.25, 0.3) is 10.6 Å². The Morgan fingerprint density at radius 2 is 1.88 bits per heavy atom. The minimum absolute atomic E-state index is 0.190. The largest absolute Gasteiger partial charge is 0.479 e. The molecule has 1 heterocycles. The third-order valence-corrected chi connectivity index (χ3v) is 4.73. The SMILES string of the molecule is Cc1ccc(-c2nc(C(=O)NCCC(OC(C)C)C(=O)O)c(C)s2)cc1. The van der Waals surface area contributed by atoms with E-state index in [1.165, 1.54) is 11.3 Å². The lowest BCUT2D eigenvalue weighted by atomic mass is 10.2. The molecule has 0 bridgehead atoms. The monoisotopic (exact) mass is 376 g/mol. The maximum Gasteiger partial charge on any atom is 0.332 e. The van der Waals surface area contributed by atoms with E-state index in [2.05, 4.69) is 10.3 Å². The first-order chi connectivity index (χ1) is 12.3. The number of ether oxygens (including phenoxy) is 1. The summed E-state index contributed by atoms with van der Waals surface area (Å²) in [6.07, 6.45) is -0.924. The first-order valence-corrected chi connectivity index (χ1v) is 9.30. The van der Waals surface area contributed by atoms with Crippen molar-refractivity contribution in [3.63, 3.8) is 0 Å². The van der Waals surface area contributed by atoms with Gasteiger partial charge in [-0.05, 0) is 27.7 Å². The summed E-state index contributed by atoms with van der Waals surface area (Å²) >= 11 is 1.46. The first kappa shape index (κ1) is 20.1. The number of benzene rings is 1. The lowest BCUT2D eigenvalue weighted by Crippen LogP contribution is -2.33. The summed E-state index contributed by atoms with van der Waals surface area (Å²) in [5.41, 5.74) is 2.51. The Morgan fingerprint density at radius 1 is 1.23 bits per heavy atom. The number of carbonyl (C=O) groups excluding carboxylic acids is 1. The van der Waals surface area contributed by atoms with Crippen molar-refractivity contribution < 1.29 is 19.4 Å². The zero-order chi connectivity index (χ0) is 19.3. The quantitative estimate of drug-likeness (QED) is 0.737. The van der Waals surface area contributed by atoms with Crippen LogP contribution in [0.2, 0.25) is 0 Å². The van der Waals surface area contributed by atoms with E-state index in [4.69, 9.17) is 9.84 Å². The van der Waals surface area contributed by atoms with E-state index in [0.29, 0.717) is 5.69 Å². The second-order valence-electron chi connectivity index (χ2n) is 6.35. The molecule has 7 heteroatoms. The van der Waals surface area contributed by atoms with E-state index in [-0.39, 0.29) is 25.0 Å². The molecule has 0 radical (unpaired) electrons. The second kappa shape index (κ2) is 8.91. The van der Waals surface area contributed by atoms with Crippen LogP contribution in [-0.2, 0) is 9.53 Å². The fraction of sp³-hybridized carbons (Fsp3) is 0.421. The number of hydrogen-bond acceptors (Lipinski definition) is 5. The summed E-state index contributed by atoms with van der Waals surface area (Å²) in [7, 11) is 0. The predicted molar refractivity (Wildman–Crippen MR) is 102 cm³/mol. The number of aliphatic carboxylic acids is 1. The van der Waals surface area contributed by atoms with Crippen LogP contribution in [0, 0.1) is 13.8 Å². The molecule has 2 aromatic rings. The number of aryl methyl sites for hydroxylation is 2. The summed E-state index contributed by atoms with van der Waals surface area (Å²) in [6, 6.07) is 7.98. The van der Waals surface area contributed by atoms with Crippen molar-refractivity contribution in [2.75, 3.05) is 6.54 Å². The van der Waals surface area contributed by atoms with E-state index in [0.717, 1.165) is 21.0 Å². The van der Waals surface area contributed by atoms with Crippen LogP contribution in [0.1, 0.15) is 41.2 Å². The molecule has 0 aliphatic carbocycles. The maximum atomic E-state index is 12.4. The zero-order valence-corrected chi connectivity index (χ0v) is 16.2. The van der Waals surface area contributed by atoms with Gasteiger partial charge in [0, 0.05) is 23.4 Å². The smallest absolute Gasteiger partial charge is 0.332 e. The van der Waals surface area contributed by atoms with Gasteiger partial charge in [-0.1, -0.05) is 29.8 Å². The van der Waals surface area contributed by atoms with Gasteiger partial charge in [-0.25, -0.2) is 9.78 Å². The molecule has 0 saturated heterocycles. The number of hydrogen-bond donors (Lipinski definition) is 2. The van der Waals surface area contributed by atoms with E-state index in [1.807, 2.05) is 38.1 Å². The molecule has 2 N–H and O–H groups in total. The van der Waals surface area contributed by atoms with Gasteiger partial charge in [-0.2, -0.15) is 0 Å². The van der Waals surface area contributed by atoms with Crippen LogP contribution in [0.5, 0.6) is 0 Å². The van der Waals surface area contributed by atoms with Crippen LogP contribution in [0.3, 0.4) is 0 Å². The molecule has 1 amide bonds.